The third-order valence-corrected chi connectivity index (χ3v) is 6.40. The summed E-state index contributed by atoms with van der Waals surface area (Å²) in [5.41, 5.74) is 2.76. The number of nitrogens with one attached hydrogen (secondary N) is 1. The van der Waals surface area contributed by atoms with Crippen molar-refractivity contribution in [3.8, 4) is 16.8 Å². The molecule has 1 N–H and O–H groups in total. The van der Waals surface area contributed by atoms with Gasteiger partial charge in [-0.2, -0.15) is 0 Å². The molecular formula is C28H20FN3O2S. The summed E-state index contributed by atoms with van der Waals surface area (Å²) in [6, 6.07) is 30.3. The minimum absolute atomic E-state index is 0.0116. The van der Waals surface area contributed by atoms with Crippen molar-refractivity contribution >= 4 is 34.3 Å². The van der Waals surface area contributed by atoms with Gasteiger partial charge in [0, 0.05) is 11.3 Å². The van der Waals surface area contributed by atoms with Crippen LogP contribution in [-0.4, -0.2) is 21.2 Å². The predicted octanol–water partition coefficient (Wildman–Crippen LogP) is 5.92. The van der Waals surface area contributed by atoms with Crippen LogP contribution in [0.15, 0.2) is 113 Å². The number of nitrogens with zero attached hydrogens (tertiary/aromatic N) is 2. The van der Waals surface area contributed by atoms with Crippen LogP contribution in [0, 0.1) is 5.82 Å². The topological polar surface area (TPSA) is 64.0 Å². The quantitative estimate of drug-likeness (QED) is 0.241. The van der Waals surface area contributed by atoms with E-state index in [0.29, 0.717) is 16.6 Å². The third kappa shape index (κ3) is 4.72. The second kappa shape index (κ2) is 9.95. The van der Waals surface area contributed by atoms with Crippen LogP contribution in [0.3, 0.4) is 0 Å². The SMILES string of the molecule is O=C(CSc1nc2ccccc2c(=O)n1-c1ccccc1F)Nc1ccccc1-c1ccccc1. The lowest BCUT2D eigenvalue weighted by atomic mass is 10.0. The molecule has 35 heavy (non-hydrogen) atoms. The Bertz CT molecular complexity index is 1580. The number of carbonyl (C=O) groups is 1. The van der Waals surface area contributed by atoms with Gasteiger partial charge in [0.2, 0.25) is 5.91 Å². The molecule has 7 heteroatoms. The molecule has 5 rings (SSSR count). The van der Waals surface area contributed by atoms with Crippen molar-refractivity contribution in [2.24, 2.45) is 0 Å². The van der Waals surface area contributed by atoms with Crippen LogP contribution >= 0.6 is 11.8 Å². The normalized spacial score (nSPS) is 10.9. The number of carbonyl (C=O) groups excluding carboxylic acids is 1. The van der Waals surface area contributed by atoms with Gasteiger partial charge in [-0.25, -0.2) is 9.37 Å². The van der Waals surface area contributed by atoms with Crippen molar-refractivity contribution in [2.75, 3.05) is 11.1 Å². The smallest absolute Gasteiger partial charge is 0.266 e. The minimum Gasteiger partial charge on any atom is -0.325 e. The molecule has 1 heterocycles. The first-order chi connectivity index (χ1) is 17.1. The number of halogens is 1. The fourth-order valence-electron chi connectivity index (χ4n) is 3.83. The molecule has 0 aliphatic heterocycles. The number of rotatable bonds is 6. The molecule has 172 valence electrons. The van der Waals surface area contributed by atoms with Crippen LogP contribution in [0.1, 0.15) is 0 Å². The average Bonchev–Trinajstić information content (AvgIpc) is 2.89. The second-order valence-corrected chi connectivity index (χ2v) is 8.69. The van der Waals surface area contributed by atoms with Gasteiger partial charge >= 0.3 is 0 Å². The Labute approximate surface area is 205 Å². The van der Waals surface area contributed by atoms with E-state index in [9.17, 15) is 14.0 Å². The lowest BCUT2D eigenvalue weighted by molar-refractivity contribution is -0.113. The number of hydrogen-bond donors (Lipinski definition) is 1. The fraction of sp³-hybridized carbons (Fsp3) is 0.0357. The van der Waals surface area contributed by atoms with E-state index < -0.39 is 11.4 Å². The van der Waals surface area contributed by atoms with Crippen LogP contribution in [0.25, 0.3) is 27.7 Å². The zero-order chi connectivity index (χ0) is 24.2. The summed E-state index contributed by atoms with van der Waals surface area (Å²) in [5, 5.41) is 3.57. The van der Waals surface area contributed by atoms with Crippen LogP contribution in [0.5, 0.6) is 0 Å². The van der Waals surface area contributed by atoms with E-state index in [1.807, 2.05) is 54.6 Å². The molecule has 0 atom stereocenters. The van der Waals surface area contributed by atoms with E-state index in [1.54, 1.807) is 36.4 Å². The molecule has 0 saturated heterocycles. The minimum atomic E-state index is -0.547. The second-order valence-electron chi connectivity index (χ2n) is 7.75. The molecule has 0 spiro atoms. The third-order valence-electron chi connectivity index (χ3n) is 5.46. The first-order valence-electron chi connectivity index (χ1n) is 11.0. The van der Waals surface area contributed by atoms with Crippen molar-refractivity contribution < 1.29 is 9.18 Å². The van der Waals surface area contributed by atoms with Crippen molar-refractivity contribution in [3.05, 3.63) is 119 Å². The largest absolute Gasteiger partial charge is 0.325 e. The van der Waals surface area contributed by atoms with E-state index in [-0.39, 0.29) is 22.5 Å². The van der Waals surface area contributed by atoms with Gasteiger partial charge in [-0.1, -0.05) is 84.6 Å². The number of hydrogen-bond acceptors (Lipinski definition) is 4. The van der Waals surface area contributed by atoms with E-state index in [4.69, 9.17) is 0 Å². The fourth-order valence-corrected chi connectivity index (χ4v) is 4.64. The maximum atomic E-state index is 14.7. The Morgan fingerprint density at radius 1 is 0.857 bits per heavy atom. The molecular weight excluding hydrogens is 461 g/mol. The number of amides is 1. The lowest BCUT2D eigenvalue weighted by Crippen LogP contribution is -2.23. The highest BCUT2D eigenvalue weighted by atomic mass is 32.2. The Morgan fingerprint density at radius 2 is 1.54 bits per heavy atom. The van der Waals surface area contributed by atoms with Gasteiger partial charge in [0.15, 0.2) is 5.16 Å². The van der Waals surface area contributed by atoms with Gasteiger partial charge in [0.25, 0.3) is 5.56 Å². The molecule has 5 aromatic rings. The Morgan fingerprint density at radius 3 is 2.37 bits per heavy atom. The van der Waals surface area contributed by atoms with Crippen LogP contribution in [0.2, 0.25) is 0 Å². The van der Waals surface area contributed by atoms with Gasteiger partial charge in [0.1, 0.15) is 5.82 Å². The van der Waals surface area contributed by atoms with E-state index >= 15 is 0 Å². The van der Waals surface area contributed by atoms with Crippen molar-refractivity contribution in [3.63, 3.8) is 0 Å². The Kier molecular flexibility index (Phi) is 6.41. The highest BCUT2D eigenvalue weighted by molar-refractivity contribution is 7.99. The van der Waals surface area contributed by atoms with Crippen LogP contribution < -0.4 is 10.9 Å². The number of anilines is 1. The summed E-state index contributed by atoms with van der Waals surface area (Å²) < 4.78 is 15.9. The summed E-state index contributed by atoms with van der Waals surface area (Å²) in [6.45, 7) is 0. The van der Waals surface area contributed by atoms with Gasteiger partial charge in [-0.05, 0) is 35.9 Å². The monoisotopic (exact) mass is 481 g/mol. The van der Waals surface area contributed by atoms with Crippen LogP contribution in [-0.2, 0) is 4.79 Å². The van der Waals surface area contributed by atoms with Crippen molar-refractivity contribution in [2.45, 2.75) is 5.16 Å². The van der Waals surface area contributed by atoms with E-state index in [2.05, 4.69) is 10.3 Å². The Balaban J connectivity index is 1.45. The number of aromatic nitrogens is 2. The molecule has 4 aromatic carbocycles. The molecule has 5 nitrogen and oxygen atoms in total. The number of benzene rings is 4. The summed E-state index contributed by atoms with van der Waals surface area (Å²) in [7, 11) is 0. The van der Waals surface area contributed by atoms with Crippen LogP contribution in [0.4, 0.5) is 10.1 Å². The summed E-state index contributed by atoms with van der Waals surface area (Å²) in [5.74, 6) is -0.821. The number of thioether (sulfide) groups is 1. The number of fused-ring (bicyclic) bond motifs is 1. The summed E-state index contributed by atoms with van der Waals surface area (Å²) >= 11 is 1.08. The maximum Gasteiger partial charge on any atom is 0.266 e. The van der Waals surface area contributed by atoms with Gasteiger partial charge in [0.05, 0.1) is 22.3 Å². The summed E-state index contributed by atoms with van der Waals surface area (Å²) in [4.78, 5) is 30.8. The molecule has 0 bridgehead atoms. The van der Waals surface area contributed by atoms with Gasteiger partial charge in [-0.3, -0.25) is 14.2 Å². The molecule has 0 unspecified atom stereocenters. The van der Waals surface area contributed by atoms with Crippen molar-refractivity contribution in [1.82, 2.24) is 9.55 Å². The average molecular weight is 482 g/mol. The summed E-state index contributed by atoms with van der Waals surface area (Å²) in [6.07, 6.45) is 0. The molecule has 0 aliphatic rings. The highest BCUT2D eigenvalue weighted by Gasteiger charge is 2.17. The first kappa shape index (κ1) is 22.6. The zero-order valence-electron chi connectivity index (χ0n) is 18.5. The molecule has 1 aromatic heterocycles. The Hall–Kier alpha value is -4.23. The highest BCUT2D eigenvalue weighted by Crippen LogP contribution is 2.28. The zero-order valence-corrected chi connectivity index (χ0v) is 19.3. The number of para-hydroxylation sites is 3. The molecule has 0 aliphatic carbocycles. The predicted molar refractivity (Wildman–Crippen MR) is 139 cm³/mol. The van der Waals surface area contributed by atoms with E-state index in [0.717, 1.165) is 22.9 Å². The lowest BCUT2D eigenvalue weighted by Gasteiger charge is -2.14. The molecule has 0 fully saturated rings. The standard InChI is InChI=1S/C28H20FN3O2S/c29-22-14-6-9-17-25(22)32-27(34)21-13-5-8-16-24(21)31-28(32)35-18-26(33)30-23-15-7-4-12-20(23)19-10-2-1-3-11-19/h1-17H,18H2,(H,30,33). The molecule has 1 amide bonds. The van der Waals surface area contributed by atoms with Crippen molar-refractivity contribution in [1.29, 1.82) is 0 Å². The molecule has 0 radical (unpaired) electrons. The van der Waals surface area contributed by atoms with Gasteiger partial charge in [-0.15, -0.1) is 0 Å². The van der Waals surface area contributed by atoms with E-state index in [1.165, 1.54) is 16.7 Å². The molecule has 0 saturated carbocycles. The van der Waals surface area contributed by atoms with Gasteiger partial charge < -0.3 is 5.32 Å². The first-order valence-corrected chi connectivity index (χ1v) is 11.9. The maximum absolute atomic E-state index is 14.7.